The standard InChI is InChI=1S/C6H7NO.BH3/c8-5-6-3-1-2-4-7-6;/h1-4,8H,5H2;1H3. The van der Waals surface area contributed by atoms with Gasteiger partial charge in [0.2, 0.25) is 0 Å². The topological polar surface area (TPSA) is 33.1 Å². The molecule has 1 rings (SSSR count). The molecule has 0 aromatic carbocycles. The third kappa shape index (κ3) is 2.28. The molecule has 0 bridgehead atoms. The molecule has 0 radical (unpaired) electrons. The van der Waals surface area contributed by atoms with E-state index in [1.165, 1.54) is 0 Å². The minimum absolute atomic E-state index is 0. The number of hydrogen-bond donors (Lipinski definition) is 1. The van der Waals surface area contributed by atoms with Crippen molar-refractivity contribution in [1.29, 1.82) is 0 Å². The molecule has 0 saturated carbocycles. The van der Waals surface area contributed by atoms with Crippen molar-refractivity contribution >= 4 is 8.41 Å². The highest BCUT2D eigenvalue weighted by molar-refractivity contribution is 5.75. The van der Waals surface area contributed by atoms with Crippen LogP contribution in [-0.2, 0) is 6.61 Å². The van der Waals surface area contributed by atoms with Crippen molar-refractivity contribution in [3.63, 3.8) is 0 Å². The third-order valence-corrected chi connectivity index (χ3v) is 0.888. The highest BCUT2D eigenvalue weighted by Gasteiger charge is 1.82. The van der Waals surface area contributed by atoms with Gasteiger partial charge in [-0.25, -0.2) is 0 Å². The predicted octanol–water partition coefficient (Wildman–Crippen LogP) is -0.610. The maximum absolute atomic E-state index is 8.48. The van der Waals surface area contributed by atoms with E-state index in [4.69, 9.17) is 5.11 Å². The molecule has 0 unspecified atom stereocenters. The average Bonchev–Trinajstić information content (AvgIpc) is 1.90. The first-order chi connectivity index (χ1) is 3.93. The molecule has 9 heavy (non-hydrogen) atoms. The Morgan fingerprint density at radius 3 is 2.56 bits per heavy atom. The van der Waals surface area contributed by atoms with Crippen LogP contribution in [0.5, 0.6) is 0 Å². The van der Waals surface area contributed by atoms with E-state index >= 15 is 0 Å². The first-order valence-electron chi connectivity index (χ1n) is 2.44. The minimum Gasteiger partial charge on any atom is -0.390 e. The van der Waals surface area contributed by atoms with E-state index in [1.54, 1.807) is 12.3 Å². The van der Waals surface area contributed by atoms with Crippen LogP contribution in [0.15, 0.2) is 24.4 Å². The molecule has 1 aromatic rings. The van der Waals surface area contributed by atoms with Gasteiger partial charge in [0.1, 0.15) is 0 Å². The largest absolute Gasteiger partial charge is 0.390 e. The van der Waals surface area contributed by atoms with Gasteiger partial charge in [0.25, 0.3) is 0 Å². The summed E-state index contributed by atoms with van der Waals surface area (Å²) >= 11 is 0. The Bertz CT molecular complexity index is 154. The molecular formula is C6H10BNO. The predicted molar refractivity (Wildman–Crippen MR) is 40.1 cm³/mol. The molecule has 0 aliphatic carbocycles. The molecule has 0 aliphatic heterocycles. The zero-order valence-corrected chi connectivity index (χ0v) is 4.41. The van der Waals surface area contributed by atoms with Crippen LogP contribution < -0.4 is 0 Å². The van der Waals surface area contributed by atoms with E-state index in [1.807, 2.05) is 12.1 Å². The molecular weight excluding hydrogens is 113 g/mol. The quantitative estimate of drug-likeness (QED) is 0.505. The number of hydrogen-bond acceptors (Lipinski definition) is 2. The summed E-state index contributed by atoms with van der Waals surface area (Å²) in [5.74, 6) is 0. The Hall–Kier alpha value is -0.825. The monoisotopic (exact) mass is 123 g/mol. The molecule has 48 valence electrons. The molecule has 3 heteroatoms. The van der Waals surface area contributed by atoms with E-state index in [9.17, 15) is 0 Å². The van der Waals surface area contributed by atoms with Crippen molar-refractivity contribution in [3.05, 3.63) is 30.1 Å². The molecule has 0 aliphatic rings. The third-order valence-electron chi connectivity index (χ3n) is 0.888. The number of nitrogens with zero attached hydrogens (tertiary/aromatic N) is 1. The molecule has 2 nitrogen and oxygen atoms in total. The summed E-state index contributed by atoms with van der Waals surface area (Å²) in [5, 5.41) is 8.48. The fourth-order valence-corrected chi connectivity index (χ4v) is 0.492. The molecule has 0 amide bonds. The van der Waals surface area contributed by atoms with E-state index in [0.29, 0.717) is 5.69 Å². The number of pyridine rings is 1. The lowest BCUT2D eigenvalue weighted by molar-refractivity contribution is 0.277. The van der Waals surface area contributed by atoms with Crippen molar-refractivity contribution in [1.82, 2.24) is 4.98 Å². The molecule has 1 N–H and O–H groups in total. The van der Waals surface area contributed by atoms with Gasteiger partial charge in [-0.05, 0) is 12.1 Å². The lowest BCUT2D eigenvalue weighted by Crippen LogP contribution is -1.84. The molecule has 1 heterocycles. The van der Waals surface area contributed by atoms with Gasteiger partial charge in [-0.3, -0.25) is 4.98 Å². The summed E-state index contributed by atoms with van der Waals surface area (Å²) in [4.78, 5) is 3.85. The molecule has 0 atom stereocenters. The van der Waals surface area contributed by atoms with Crippen LogP contribution in [0.1, 0.15) is 5.69 Å². The highest BCUT2D eigenvalue weighted by atomic mass is 16.3. The number of aliphatic hydroxyl groups excluding tert-OH is 1. The van der Waals surface area contributed by atoms with E-state index in [0.717, 1.165) is 0 Å². The first kappa shape index (κ1) is 8.17. The second kappa shape index (κ2) is 4.09. The zero-order chi connectivity index (χ0) is 5.82. The maximum atomic E-state index is 8.48. The summed E-state index contributed by atoms with van der Waals surface area (Å²) in [6.07, 6.45) is 1.66. The van der Waals surface area contributed by atoms with E-state index in [2.05, 4.69) is 4.98 Å². The Kier molecular flexibility index (Phi) is 3.72. The summed E-state index contributed by atoms with van der Waals surface area (Å²) < 4.78 is 0. The normalized spacial score (nSPS) is 8.11. The minimum atomic E-state index is 0. The van der Waals surface area contributed by atoms with Crippen LogP contribution >= 0.6 is 0 Å². The summed E-state index contributed by atoms with van der Waals surface area (Å²) in [6.45, 7) is 0.0286. The van der Waals surface area contributed by atoms with Gasteiger partial charge < -0.3 is 5.11 Å². The molecule has 0 saturated heterocycles. The lowest BCUT2D eigenvalue weighted by Gasteiger charge is -1.88. The average molecular weight is 123 g/mol. The highest BCUT2D eigenvalue weighted by Crippen LogP contribution is 1.89. The van der Waals surface area contributed by atoms with E-state index < -0.39 is 0 Å². The van der Waals surface area contributed by atoms with Crippen LogP contribution in [-0.4, -0.2) is 18.5 Å². The van der Waals surface area contributed by atoms with Gasteiger partial charge in [-0.15, -0.1) is 0 Å². The van der Waals surface area contributed by atoms with Crippen molar-refractivity contribution in [3.8, 4) is 0 Å². The summed E-state index contributed by atoms with van der Waals surface area (Å²) in [5.41, 5.74) is 0.715. The van der Waals surface area contributed by atoms with Gasteiger partial charge in [-0.2, -0.15) is 0 Å². The van der Waals surface area contributed by atoms with Crippen LogP contribution in [0.3, 0.4) is 0 Å². The second-order valence-corrected chi connectivity index (χ2v) is 1.48. The van der Waals surface area contributed by atoms with Crippen molar-refractivity contribution in [2.24, 2.45) is 0 Å². The SMILES string of the molecule is B.OCc1ccccn1. The van der Waals surface area contributed by atoms with Crippen LogP contribution in [0.4, 0.5) is 0 Å². The Morgan fingerprint density at radius 1 is 1.44 bits per heavy atom. The summed E-state index contributed by atoms with van der Waals surface area (Å²) in [7, 11) is 0. The number of aromatic nitrogens is 1. The smallest absolute Gasteiger partial charge is 0.0852 e. The van der Waals surface area contributed by atoms with Gasteiger partial charge in [0.15, 0.2) is 0 Å². The maximum Gasteiger partial charge on any atom is 0.0852 e. The van der Waals surface area contributed by atoms with E-state index in [-0.39, 0.29) is 15.0 Å². The van der Waals surface area contributed by atoms with Crippen molar-refractivity contribution in [2.45, 2.75) is 6.61 Å². The number of aliphatic hydroxyl groups is 1. The molecule has 0 fully saturated rings. The molecule has 1 aromatic heterocycles. The first-order valence-corrected chi connectivity index (χ1v) is 2.44. The fourth-order valence-electron chi connectivity index (χ4n) is 0.492. The van der Waals surface area contributed by atoms with Gasteiger partial charge in [-0.1, -0.05) is 6.07 Å². The zero-order valence-electron chi connectivity index (χ0n) is 4.41. The lowest BCUT2D eigenvalue weighted by atomic mass is 10.4. The van der Waals surface area contributed by atoms with Crippen LogP contribution in [0.25, 0.3) is 0 Å². The van der Waals surface area contributed by atoms with Crippen molar-refractivity contribution in [2.75, 3.05) is 0 Å². The second-order valence-electron chi connectivity index (χ2n) is 1.48. The Balaban J connectivity index is 0.000000640. The summed E-state index contributed by atoms with van der Waals surface area (Å²) in [6, 6.07) is 5.44. The Morgan fingerprint density at radius 2 is 2.22 bits per heavy atom. The van der Waals surface area contributed by atoms with Crippen molar-refractivity contribution < 1.29 is 5.11 Å². The van der Waals surface area contributed by atoms with Crippen LogP contribution in [0.2, 0.25) is 0 Å². The molecule has 0 spiro atoms. The van der Waals surface area contributed by atoms with Gasteiger partial charge in [0.05, 0.1) is 20.7 Å². The number of rotatable bonds is 1. The van der Waals surface area contributed by atoms with Gasteiger partial charge in [0, 0.05) is 6.20 Å². The van der Waals surface area contributed by atoms with Gasteiger partial charge >= 0.3 is 0 Å². The fraction of sp³-hybridized carbons (Fsp3) is 0.167. The Labute approximate surface area is 56.1 Å². The van der Waals surface area contributed by atoms with Crippen LogP contribution in [0, 0.1) is 0 Å².